The van der Waals surface area contributed by atoms with Crippen LogP contribution >= 0.6 is 11.6 Å². The van der Waals surface area contributed by atoms with Gasteiger partial charge in [0, 0.05) is 29.4 Å². The van der Waals surface area contributed by atoms with Gasteiger partial charge in [-0.05, 0) is 25.2 Å². The van der Waals surface area contributed by atoms with Gasteiger partial charge in [0.05, 0.1) is 6.61 Å². The van der Waals surface area contributed by atoms with E-state index in [1.807, 2.05) is 7.05 Å². The van der Waals surface area contributed by atoms with E-state index in [2.05, 4.69) is 15.0 Å². The van der Waals surface area contributed by atoms with Gasteiger partial charge in [-0.1, -0.05) is 16.8 Å². The summed E-state index contributed by atoms with van der Waals surface area (Å²) in [5, 5.41) is 4.52. The highest BCUT2D eigenvalue weighted by Gasteiger charge is 2.24. The Kier molecular flexibility index (Phi) is 3.60. The van der Waals surface area contributed by atoms with E-state index in [1.54, 1.807) is 18.2 Å². The number of rotatable bonds is 2. The summed E-state index contributed by atoms with van der Waals surface area (Å²) in [4.78, 5) is 6.55. The molecule has 0 bridgehead atoms. The molecular weight excluding hydrogens is 280 g/mol. The molecule has 1 atom stereocenters. The van der Waals surface area contributed by atoms with Crippen molar-refractivity contribution >= 4 is 17.3 Å². The van der Waals surface area contributed by atoms with E-state index in [4.69, 9.17) is 26.6 Å². The molecule has 1 saturated heterocycles. The van der Waals surface area contributed by atoms with E-state index < -0.39 is 0 Å². The number of likely N-dealkylation sites (N-methyl/N-ethyl adjacent to an activating group) is 1. The second kappa shape index (κ2) is 5.40. The third-order valence-corrected chi connectivity index (χ3v) is 3.38. The van der Waals surface area contributed by atoms with Crippen molar-refractivity contribution in [2.24, 2.45) is 0 Å². The predicted molar refractivity (Wildman–Crippen MR) is 75.3 cm³/mol. The SMILES string of the molecule is CN1CCOC(c2noc(-c3cc(N)cc(Cl)c3)n2)C1. The first-order valence-corrected chi connectivity index (χ1v) is 6.70. The van der Waals surface area contributed by atoms with E-state index >= 15 is 0 Å². The van der Waals surface area contributed by atoms with E-state index in [-0.39, 0.29) is 6.10 Å². The van der Waals surface area contributed by atoms with Gasteiger partial charge in [0.1, 0.15) is 6.10 Å². The topological polar surface area (TPSA) is 77.4 Å². The minimum Gasteiger partial charge on any atom is -0.399 e. The van der Waals surface area contributed by atoms with Gasteiger partial charge in [0.15, 0.2) is 0 Å². The monoisotopic (exact) mass is 294 g/mol. The maximum atomic E-state index is 5.97. The molecule has 1 aliphatic heterocycles. The average molecular weight is 295 g/mol. The third kappa shape index (κ3) is 2.77. The number of benzene rings is 1. The van der Waals surface area contributed by atoms with E-state index in [0.29, 0.717) is 34.6 Å². The van der Waals surface area contributed by atoms with Gasteiger partial charge in [-0.15, -0.1) is 0 Å². The number of morpholine rings is 1. The molecule has 1 unspecified atom stereocenters. The molecule has 20 heavy (non-hydrogen) atoms. The molecule has 0 amide bonds. The predicted octanol–water partition coefficient (Wildman–Crippen LogP) is 1.98. The fraction of sp³-hybridized carbons (Fsp3) is 0.385. The number of anilines is 1. The van der Waals surface area contributed by atoms with Crippen molar-refractivity contribution in [3.05, 3.63) is 29.0 Å². The first-order chi connectivity index (χ1) is 9.61. The summed E-state index contributed by atoms with van der Waals surface area (Å²) in [6, 6.07) is 5.15. The van der Waals surface area contributed by atoms with Crippen molar-refractivity contribution in [2.45, 2.75) is 6.10 Å². The van der Waals surface area contributed by atoms with Gasteiger partial charge >= 0.3 is 0 Å². The van der Waals surface area contributed by atoms with Crippen molar-refractivity contribution < 1.29 is 9.26 Å². The highest BCUT2D eigenvalue weighted by molar-refractivity contribution is 6.31. The molecule has 1 aromatic heterocycles. The quantitative estimate of drug-likeness (QED) is 0.853. The van der Waals surface area contributed by atoms with Crippen molar-refractivity contribution in [3.8, 4) is 11.5 Å². The van der Waals surface area contributed by atoms with Gasteiger partial charge < -0.3 is 19.9 Å². The zero-order chi connectivity index (χ0) is 14.1. The number of aromatic nitrogens is 2. The summed E-state index contributed by atoms with van der Waals surface area (Å²) in [5.74, 6) is 0.941. The number of hydrogen-bond donors (Lipinski definition) is 1. The Bertz CT molecular complexity index is 596. The Morgan fingerprint density at radius 3 is 3.00 bits per heavy atom. The average Bonchev–Trinajstić information content (AvgIpc) is 2.87. The van der Waals surface area contributed by atoms with Crippen LogP contribution in [0.4, 0.5) is 5.69 Å². The molecule has 2 N–H and O–H groups in total. The van der Waals surface area contributed by atoms with Crippen molar-refractivity contribution in [2.75, 3.05) is 32.5 Å². The molecule has 6 nitrogen and oxygen atoms in total. The van der Waals surface area contributed by atoms with Crippen LogP contribution in [0.1, 0.15) is 11.9 Å². The second-order valence-electron chi connectivity index (χ2n) is 4.85. The van der Waals surface area contributed by atoms with Crippen LogP contribution in [0, 0.1) is 0 Å². The Morgan fingerprint density at radius 1 is 1.40 bits per heavy atom. The van der Waals surface area contributed by atoms with Crippen molar-refractivity contribution in [3.63, 3.8) is 0 Å². The number of halogens is 1. The molecule has 2 aromatic rings. The minimum atomic E-state index is -0.164. The molecule has 1 aliphatic rings. The van der Waals surface area contributed by atoms with Gasteiger partial charge in [0.25, 0.3) is 5.89 Å². The first kappa shape index (κ1) is 13.4. The van der Waals surface area contributed by atoms with Crippen molar-refractivity contribution in [1.29, 1.82) is 0 Å². The highest BCUT2D eigenvalue weighted by atomic mass is 35.5. The number of nitrogens with zero attached hydrogens (tertiary/aromatic N) is 3. The maximum Gasteiger partial charge on any atom is 0.258 e. The summed E-state index contributed by atoms with van der Waals surface area (Å²) < 4.78 is 10.9. The second-order valence-corrected chi connectivity index (χ2v) is 5.29. The normalized spacial score (nSPS) is 20.2. The molecule has 0 saturated carbocycles. The lowest BCUT2D eigenvalue weighted by Crippen LogP contribution is -2.35. The molecule has 106 valence electrons. The van der Waals surface area contributed by atoms with Crippen molar-refractivity contribution in [1.82, 2.24) is 15.0 Å². The summed E-state index contributed by atoms with van der Waals surface area (Å²) in [5.41, 5.74) is 7.02. The van der Waals surface area contributed by atoms with Gasteiger partial charge in [-0.3, -0.25) is 0 Å². The van der Waals surface area contributed by atoms with E-state index in [1.165, 1.54) is 0 Å². The number of hydrogen-bond acceptors (Lipinski definition) is 6. The van der Waals surface area contributed by atoms with Gasteiger partial charge in [-0.25, -0.2) is 0 Å². The molecule has 2 heterocycles. The molecule has 0 aliphatic carbocycles. The third-order valence-electron chi connectivity index (χ3n) is 3.17. The summed E-state index contributed by atoms with van der Waals surface area (Å²) >= 11 is 5.97. The van der Waals surface area contributed by atoms with Crippen LogP contribution in [0.5, 0.6) is 0 Å². The van der Waals surface area contributed by atoms with Gasteiger partial charge in [-0.2, -0.15) is 4.98 Å². The Balaban J connectivity index is 1.86. The van der Waals surface area contributed by atoms with Crippen LogP contribution in [-0.4, -0.2) is 41.8 Å². The van der Waals surface area contributed by atoms with Crippen LogP contribution in [-0.2, 0) is 4.74 Å². The fourth-order valence-electron chi connectivity index (χ4n) is 2.15. The summed E-state index contributed by atoms with van der Waals surface area (Å²) in [6.45, 7) is 2.32. The maximum absolute atomic E-state index is 5.97. The Labute approximate surface area is 121 Å². The number of ether oxygens (including phenoxy) is 1. The summed E-state index contributed by atoms with van der Waals surface area (Å²) in [6.07, 6.45) is -0.164. The summed E-state index contributed by atoms with van der Waals surface area (Å²) in [7, 11) is 2.04. The number of nitrogens with two attached hydrogens (primary N) is 1. The van der Waals surface area contributed by atoms with Crippen LogP contribution in [0.25, 0.3) is 11.5 Å². The van der Waals surface area contributed by atoms with Crippen LogP contribution in [0.15, 0.2) is 22.7 Å². The molecule has 7 heteroatoms. The highest BCUT2D eigenvalue weighted by Crippen LogP contribution is 2.27. The molecular formula is C13H15ClN4O2. The smallest absolute Gasteiger partial charge is 0.258 e. The Morgan fingerprint density at radius 2 is 2.25 bits per heavy atom. The van der Waals surface area contributed by atoms with E-state index in [9.17, 15) is 0 Å². The zero-order valence-corrected chi connectivity index (χ0v) is 11.8. The fourth-order valence-corrected chi connectivity index (χ4v) is 2.40. The lowest BCUT2D eigenvalue weighted by Gasteiger charge is -2.27. The van der Waals surface area contributed by atoms with E-state index in [0.717, 1.165) is 13.1 Å². The largest absolute Gasteiger partial charge is 0.399 e. The van der Waals surface area contributed by atoms with Gasteiger partial charge in [0.2, 0.25) is 5.82 Å². The van der Waals surface area contributed by atoms with Crippen LogP contribution < -0.4 is 5.73 Å². The molecule has 1 aromatic carbocycles. The molecule has 1 fully saturated rings. The number of nitrogen functional groups attached to an aromatic ring is 1. The molecule has 3 rings (SSSR count). The van der Waals surface area contributed by atoms with Crippen LogP contribution in [0.2, 0.25) is 5.02 Å². The Hall–Kier alpha value is -1.63. The molecule has 0 spiro atoms. The zero-order valence-electron chi connectivity index (χ0n) is 11.0. The standard InChI is InChI=1S/C13H15ClN4O2/c1-18-2-3-19-11(7-18)12-16-13(20-17-12)8-4-9(14)6-10(15)5-8/h4-6,11H,2-3,7,15H2,1H3. The minimum absolute atomic E-state index is 0.164. The van der Waals surface area contributed by atoms with Crippen LogP contribution in [0.3, 0.4) is 0 Å². The molecule has 0 radical (unpaired) electrons. The lowest BCUT2D eigenvalue weighted by molar-refractivity contribution is -0.0264. The first-order valence-electron chi connectivity index (χ1n) is 6.32. The lowest BCUT2D eigenvalue weighted by atomic mass is 10.2.